The number of benzene rings is 3. The van der Waals surface area contributed by atoms with Gasteiger partial charge in [-0.2, -0.15) is 0 Å². The van der Waals surface area contributed by atoms with Crippen LogP contribution in [0, 0.1) is 5.92 Å². The van der Waals surface area contributed by atoms with Crippen molar-refractivity contribution in [3.63, 3.8) is 0 Å². The summed E-state index contributed by atoms with van der Waals surface area (Å²) in [5.74, 6) is 1.83. The van der Waals surface area contributed by atoms with Gasteiger partial charge < -0.3 is 4.43 Å². The molecule has 0 aliphatic rings. The molecule has 0 saturated carbocycles. The van der Waals surface area contributed by atoms with Crippen LogP contribution in [0.3, 0.4) is 0 Å². The zero-order chi connectivity index (χ0) is 22.2. The van der Waals surface area contributed by atoms with Crippen molar-refractivity contribution in [3.8, 4) is 0 Å². The van der Waals surface area contributed by atoms with E-state index in [0.717, 1.165) is 18.8 Å². The molecule has 164 valence electrons. The fraction of sp³-hybridized carbons (Fsp3) is 0.357. The Kier molecular flexibility index (Phi) is 8.59. The van der Waals surface area contributed by atoms with Crippen molar-refractivity contribution in [1.29, 1.82) is 0 Å². The lowest BCUT2D eigenvalue weighted by Crippen LogP contribution is -2.66. The molecule has 0 saturated heterocycles. The fourth-order valence-corrected chi connectivity index (χ4v) is 9.86. The summed E-state index contributed by atoms with van der Waals surface area (Å²) in [5, 5.41) is 2.77. The summed E-state index contributed by atoms with van der Waals surface area (Å²) in [7, 11) is -2.40. The van der Waals surface area contributed by atoms with Crippen molar-refractivity contribution >= 4 is 30.5 Å². The minimum absolute atomic E-state index is 0.0461. The molecule has 0 heterocycles. The van der Waals surface area contributed by atoms with Gasteiger partial charge in [-0.25, -0.2) is 0 Å². The molecule has 1 atom stereocenters. The predicted molar refractivity (Wildman–Crippen MR) is 139 cm³/mol. The SMILES string of the molecule is C[C@H](CCCO[Si](c1ccccc1)(c1ccccc1)C(C)(C)C)CSc1ccccc1. The largest absolute Gasteiger partial charge is 0.407 e. The number of thioether (sulfide) groups is 1. The van der Waals surface area contributed by atoms with Crippen LogP contribution in [0.4, 0.5) is 0 Å². The van der Waals surface area contributed by atoms with E-state index in [1.807, 2.05) is 11.8 Å². The first-order valence-electron chi connectivity index (χ1n) is 11.4. The Morgan fingerprint density at radius 1 is 0.774 bits per heavy atom. The van der Waals surface area contributed by atoms with Crippen LogP contribution in [0.25, 0.3) is 0 Å². The van der Waals surface area contributed by atoms with Crippen LogP contribution in [0.2, 0.25) is 5.04 Å². The highest BCUT2D eigenvalue weighted by atomic mass is 32.2. The second-order valence-corrected chi connectivity index (χ2v) is 14.8. The van der Waals surface area contributed by atoms with Crippen molar-refractivity contribution in [1.82, 2.24) is 0 Å². The monoisotopic (exact) mass is 448 g/mol. The van der Waals surface area contributed by atoms with E-state index in [1.165, 1.54) is 21.7 Å². The first-order valence-corrected chi connectivity index (χ1v) is 14.3. The molecule has 0 aliphatic carbocycles. The summed E-state index contributed by atoms with van der Waals surface area (Å²) in [6, 6.07) is 32.6. The highest BCUT2D eigenvalue weighted by molar-refractivity contribution is 7.99. The summed E-state index contributed by atoms with van der Waals surface area (Å²) in [4.78, 5) is 1.36. The molecule has 1 nitrogen and oxygen atoms in total. The van der Waals surface area contributed by atoms with E-state index in [-0.39, 0.29) is 5.04 Å². The van der Waals surface area contributed by atoms with E-state index in [4.69, 9.17) is 4.43 Å². The maximum Gasteiger partial charge on any atom is 0.261 e. The van der Waals surface area contributed by atoms with Gasteiger partial charge in [-0.3, -0.25) is 0 Å². The highest BCUT2D eigenvalue weighted by Gasteiger charge is 2.49. The fourth-order valence-electron chi connectivity index (χ4n) is 4.26. The molecule has 3 rings (SSSR count). The maximum absolute atomic E-state index is 7.01. The molecule has 3 aromatic rings. The van der Waals surface area contributed by atoms with Crippen LogP contribution in [0.15, 0.2) is 95.9 Å². The molecule has 0 amide bonds. The molecular weight excluding hydrogens is 412 g/mol. The smallest absolute Gasteiger partial charge is 0.261 e. The highest BCUT2D eigenvalue weighted by Crippen LogP contribution is 2.37. The Balaban J connectivity index is 1.68. The van der Waals surface area contributed by atoms with E-state index in [9.17, 15) is 0 Å². The van der Waals surface area contributed by atoms with E-state index in [1.54, 1.807) is 0 Å². The van der Waals surface area contributed by atoms with Gasteiger partial charge in [0.05, 0.1) is 0 Å². The average Bonchev–Trinajstić information content (AvgIpc) is 2.79. The molecule has 0 fully saturated rings. The van der Waals surface area contributed by atoms with Gasteiger partial charge in [0.2, 0.25) is 0 Å². The Labute approximate surface area is 194 Å². The lowest BCUT2D eigenvalue weighted by Gasteiger charge is -2.43. The first kappa shape index (κ1) is 23.8. The lowest BCUT2D eigenvalue weighted by atomic mass is 10.1. The van der Waals surface area contributed by atoms with E-state index < -0.39 is 8.32 Å². The third-order valence-corrected chi connectivity index (χ3v) is 12.2. The van der Waals surface area contributed by atoms with Crippen molar-refractivity contribution in [2.75, 3.05) is 12.4 Å². The Morgan fingerprint density at radius 2 is 1.26 bits per heavy atom. The van der Waals surface area contributed by atoms with Crippen LogP contribution < -0.4 is 10.4 Å². The Morgan fingerprint density at radius 3 is 1.74 bits per heavy atom. The van der Waals surface area contributed by atoms with Crippen LogP contribution in [0.1, 0.15) is 40.5 Å². The molecule has 0 spiro atoms. The van der Waals surface area contributed by atoms with E-state index >= 15 is 0 Å². The minimum atomic E-state index is -2.40. The number of hydrogen-bond donors (Lipinski definition) is 0. The normalized spacial score (nSPS) is 13.2. The van der Waals surface area contributed by atoms with Crippen molar-refractivity contribution in [2.45, 2.75) is 50.5 Å². The first-order chi connectivity index (χ1) is 14.9. The molecule has 3 aromatic carbocycles. The van der Waals surface area contributed by atoms with Crippen molar-refractivity contribution < 1.29 is 4.43 Å². The molecule has 3 heteroatoms. The molecule has 0 aliphatic heterocycles. The van der Waals surface area contributed by atoms with Gasteiger partial charge in [0.1, 0.15) is 0 Å². The molecule has 0 N–H and O–H groups in total. The van der Waals surface area contributed by atoms with Crippen LogP contribution in [-0.4, -0.2) is 20.7 Å². The van der Waals surface area contributed by atoms with Gasteiger partial charge in [0, 0.05) is 17.3 Å². The molecule has 0 radical (unpaired) electrons. The summed E-state index contributed by atoms with van der Waals surface area (Å²) < 4.78 is 7.01. The summed E-state index contributed by atoms with van der Waals surface area (Å²) in [6.07, 6.45) is 2.29. The molecule has 0 aromatic heterocycles. The Bertz CT molecular complexity index is 851. The second-order valence-electron chi connectivity index (χ2n) is 9.38. The summed E-state index contributed by atoms with van der Waals surface area (Å²) in [5.41, 5.74) is 0. The van der Waals surface area contributed by atoms with Crippen molar-refractivity contribution in [2.24, 2.45) is 5.92 Å². The molecule has 0 bridgehead atoms. The second kappa shape index (κ2) is 11.2. The van der Waals surface area contributed by atoms with Crippen molar-refractivity contribution in [3.05, 3.63) is 91.0 Å². The topological polar surface area (TPSA) is 9.23 Å². The number of hydrogen-bond acceptors (Lipinski definition) is 2. The van der Waals surface area contributed by atoms with Gasteiger partial charge >= 0.3 is 0 Å². The van der Waals surface area contributed by atoms with Gasteiger partial charge in [-0.15, -0.1) is 11.8 Å². The van der Waals surface area contributed by atoms with Crippen LogP contribution >= 0.6 is 11.8 Å². The van der Waals surface area contributed by atoms with E-state index in [0.29, 0.717) is 5.92 Å². The van der Waals surface area contributed by atoms with Crippen LogP contribution in [0.5, 0.6) is 0 Å². The third-order valence-electron chi connectivity index (χ3n) is 5.85. The maximum atomic E-state index is 7.01. The average molecular weight is 449 g/mol. The molecule has 0 unspecified atom stereocenters. The van der Waals surface area contributed by atoms with Crippen LogP contribution in [-0.2, 0) is 4.43 Å². The minimum Gasteiger partial charge on any atom is -0.407 e. The standard InChI is InChI=1S/C28H36OSSi/c1-24(23-30-25-16-8-5-9-17-25)15-14-22-29-31(28(2,3)4,26-18-10-6-11-19-26)27-20-12-7-13-21-27/h5-13,16-21,24H,14-15,22-23H2,1-4H3/t24-/m1/s1. The van der Waals surface area contributed by atoms with E-state index in [2.05, 4.69) is 119 Å². The number of rotatable bonds is 10. The quantitative estimate of drug-likeness (QED) is 0.192. The predicted octanol–water partition coefficient (Wildman–Crippen LogP) is 6.77. The third kappa shape index (κ3) is 6.12. The van der Waals surface area contributed by atoms with Gasteiger partial charge in [0.15, 0.2) is 0 Å². The Hall–Kier alpha value is -1.81. The molecular formula is C28H36OSSi. The summed E-state index contributed by atoms with van der Waals surface area (Å²) in [6.45, 7) is 10.2. The van der Waals surface area contributed by atoms with Gasteiger partial charge in [0.25, 0.3) is 8.32 Å². The summed E-state index contributed by atoms with van der Waals surface area (Å²) >= 11 is 1.96. The lowest BCUT2D eigenvalue weighted by molar-refractivity contribution is 0.281. The zero-order valence-electron chi connectivity index (χ0n) is 19.4. The molecule has 31 heavy (non-hydrogen) atoms. The van der Waals surface area contributed by atoms with Gasteiger partial charge in [-0.05, 0) is 46.3 Å². The van der Waals surface area contributed by atoms with Gasteiger partial charge in [-0.1, -0.05) is 107 Å². The zero-order valence-corrected chi connectivity index (χ0v) is 21.2.